The van der Waals surface area contributed by atoms with Crippen molar-refractivity contribution in [3.8, 4) is 17.5 Å². The minimum atomic E-state index is 0.319. The molecule has 0 atom stereocenters. The van der Waals surface area contributed by atoms with E-state index in [2.05, 4.69) is 16.2 Å². The molecule has 0 radical (unpaired) electrons. The van der Waals surface area contributed by atoms with Crippen molar-refractivity contribution in [3.05, 3.63) is 35.2 Å². The first-order valence-electron chi connectivity index (χ1n) is 6.70. The average molecular weight is 269 g/mol. The molecule has 0 N–H and O–H groups in total. The highest BCUT2D eigenvalue weighted by atomic mass is 16.5. The summed E-state index contributed by atoms with van der Waals surface area (Å²) < 4.78 is 10.7. The maximum Gasteiger partial charge on any atom is 0.258 e. The lowest BCUT2D eigenvalue weighted by Crippen LogP contribution is -2.15. The maximum absolute atomic E-state index is 8.88. The van der Waals surface area contributed by atoms with Gasteiger partial charge >= 0.3 is 0 Å². The molecule has 2 heterocycles. The second-order valence-corrected chi connectivity index (χ2v) is 4.99. The van der Waals surface area contributed by atoms with Crippen molar-refractivity contribution in [2.45, 2.75) is 25.7 Å². The lowest BCUT2D eigenvalue weighted by molar-refractivity contribution is 0.0830. The molecule has 0 bridgehead atoms. The van der Waals surface area contributed by atoms with Crippen LogP contribution in [0.15, 0.2) is 22.7 Å². The normalized spacial score (nSPS) is 16.0. The summed E-state index contributed by atoms with van der Waals surface area (Å²) in [7, 11) is 0. The summed E-state index contributed by atoms with van der Waals surface area (Å²) in [5, 5.41) is 13.0. The summed E-state index contributed by atoms with van der Waals surface area (Å²) in [4.78, 5) is 4.50. The van der Waals surface area contributed by atoms with Gasteiger partial charge in [0.05, 0.1) is 11.6 Å². The third-order valence-electron chi connectivity index (χ3n) is 3.61. The highest BCUT2D eigenvalue weighted by molar-refractivity contribution is 5.60. The third kappa shape index (κ3) is 2.43. The van der Waals surface area contributed by atoms with E-state index in [1.807, 2.05) is 19.1 Å². The summed E-state index contributed by atoms with van der Waals surface area (Å²) in [6.07, 6.45) is 1.87. The van der Waals surface area contributed by atoms with Gasteiger partial charge in [0.15, 0.2) is 5.82 Å². The van der Waals surface area contributed by atoms with Crippen molar-refractivity contribution < 1.29 is 9.26 Å². The molecule has 0 amide bonds. The Balaban J connectivity index is 1.88. The maximum atomic E-state index is 8.88. The van der Waals surface area contributed by atoms with Gasteiger partial charge in [-0.15, -0.1) is 0 Å². The van der Waals surface area contributed by atoms with Crippen LogP contribution < -0.4 is 0 Å². The summed E-state index contributed by atoms with van der Waals surface area (Å²) in [6, 6.07) is 7.57. The van der Waals surface area contributed by atoms with Crippen molar-refractivity contribution in [2.75, 3.05) is 13.2 Å². The number of nitrogens with zero attached hydrogens (tertiary/aromatic N) is 3. The van der Waals surface area contributed by atoms with Crippen LogP contribution in [0.5, 0.6) is 0 Å². The van der Waals surface area contributed by atoms with Gasteiger partial charge in [0.1, 0.15) is 0 Å². The van der Waals surface area contributed by atoms with E-state index in [0.29, 0.717) is 17.4 Å². The summed E-state index contributed by atoms with van der Waals surface area (Å²) in [5.74, 6) is 1.60. The Hall–Kier alpha value is -2.19. The quantitative estimate of drug-likeness (QED) is 0.838. The molecule has 1 aromatic carbocycles. The van der Waals surface area contributed by atoms with Crippen LogP contribution in [0.1, 0.15) is 35.7 Å². The zero-order chi connectivity index (χ0) is 13.9. The van der Waals surface area contributed by atoms with E-state index in [-0.39, 0.29) is 0 Å². The van der Waals surface area contributed by atoms with E-state index in [0.717, 1.165) is 43.0 Å². The SMILES string of the molecule is Cc1cc(C#N)ccc1-c1nc(C2CCOCC2)no1. The van der Waals surface area contributed by atoms with Crippen LogP contribution in [0.3, 0.4) is 0 Å². The molecule has 3 rings (SSSR count). The second-order valence-electron chi connectivity index (χ2n) is 4.99. The molecular weight excluding hydrogens is 254 g/mol. The van der Waals surface area contributed by atoms with Crippen LogP contribution in [0, 0.1) is 18.3 Å². The van der Waals surface area contributed by atoms with Crippen molar-refractivity contribution in [1.82, 2.24) is 10.1 Å². The first-order chi connectivity index (χ1) is 9.78. The first kappa shape index (κ1) is 12.8. The van der Waals surface area contributed by atoms with Crippen LogP contribution in [0.4, 0.5) is 0 Å². The molecule has 1 aliphatic rings. The Labute approximate surface area is 117 Å². The number of hydrogen-bond acceptors (Lipinski definition) is 5. The monoisotopic (exact) mass is 269 g/mol. The van der Waals surface area contributed by atoms with E-state index < -0.39 is 0 Å². The molecule has 0 unspecified atom stereocenters. The molecule has 1 aromatic heterocycles. The number of nitriles is 1. The molecule has 20 heavy (non-hydrogen) atoms. The van der Waals surface area contributed by atoms with Crippen LogP contribution in [0.2, 0.25) is 0 Å². The highest BCUT2D eigenvalue weighted by Crippen LogP contribution is 2.28. The molecular formula is C15H15N3O2. The van der Waals surface area contributed by atoms with Gasteiger partial charge in [0, 0.05) is 24.7 Å². The van der Waals surface area contributed by atoms with Gasteiger partial charge in [-0.1, -0.05) is 5.16 Å². The van der Waals surface area contributed by atoms with Gasteiger partial charge in [0.25, 0.3) is 5.89 Å². The van der Waals surface area contributed by atoms with E-state index in [9.17, 15) is 0 Å². The van der Waals surface area contributed by atoms with Gasteiger partial charge in [-0.05, 0) is 43.5 Å². The largest absolute Gasteiger partial charge is 0.381 e. The van der Waals surface area contributed by atoms with Crippen LogP contribution in [0.25, 0.3) is 11.5 Å². The summed E-state index contributed by atoms with van der Waals surface area (Å²) in [5.41, 5.74) is 2.48. The fourth-order valence-electron chi connectivity index (χ4n) is 2.44. The van der Waals surface area contributed by atoms with Gasteiger partial charge in [-0.2, -0.15) is 10.2 Å². The molecule has 2 aromatic rings. The fourth-order valence-corrected chi connectivity index (χ4v) is 2.44. The number of aryl methyl sites for hydroxylation is 1. The van der Waals surface area contributed by atoms with Crippen molar-refractivity contribution in [1.29, 1.82) is 5.26 Å². The third-order valence-corrected chi connectivity index (χ3v) is 3.61. The van der Waals surface area contributed by atoms with Crippen LogP contribution >= 0.6 is 0 Å². The average Bonchev–Trinajstić information content (AvgIpc) is 2.97. The number of aromatic nitrogens is 2. The minimum absolute atomic E-state index is 0.319. The van der Waals surface area contributed by atoms with E-state index in [4.69, 9.17) is 14.5 Å². The van der Waals surface area contributed by atoms with Crippen molar-refractivity contribution in [3.63, 3.8) is 0 Å². The predicted molar refractivity (Wildman–Crippen MR) is 72.0 cm³/mol. The van der Waals surface area contributed by atoms with E-state index in [1.165, 1.54) is 0 Å². The van der Waals surface area contributed by atoms with Gasteiger partial charge in [-0.3, -0.25) is 0 Å². The number of rotatable bonds is 2. The Morgan fingerprint density at radius 1 is 1.30 bits per heavy atom. The second kappa shape index (κ2) is 5.43. The standard InChI is InChI=1S/C15H15N3O2/c1-10-8-11(9-16)2-3-13(10)15-17-14(18-20-15)12-4-6-19-7-5-12/h2-3,8,12H,4-7H2,1H3. The van der Waals surface area contributed by atoms with Crippen molar-refractivity contribution in [2.24, 2.45) is 0 Å². The molecule has 1 aliphatic heterocycles. The molecule has 0 spiro atoms. The van der Waals surface area contributed by atoms with Gasteiger partial charge in [-0.25, -0.2) is 0 Å². The lowest BCUT2D eigenvalue weighted by atomic mass is 10.00. The van der Waals surface area contributed by atoms with Crippen LogP contribution in [-0.2, 0) is 4.74 Å². The Bertz CT molecular complexity index is 651. The van der Waals surface area contributed by atoms with E-state index >= 15 is 0 Å². The lowest BCUT2D eigenvalue weighted by Gasteiger charge is -2.18. The van der Waals surface area contributed by atoms with E-state index in [1.54, 1.807) is 6.07 Å². The smallest absolute Gasteiger partial charge is 0.258 e. The highest BCUT2D eigenvalue weighted by Gasteiger charge is 2.22. The molecule has 0 aliphatic carbocycles. The predicted octanol–water partition coefficient (Wildman–Crippen LogP) is 2.81. The summed E-state index contributed by atoms with van der Waals surface area (Å²) in [6.45, 7) is 3.45. The zero-order valence-electron chi connectivity index (χ0n) is 11.3. The van der Waals surface area contributed by atoms with Crippen molar-refractivity contribution >= 4 is 0 Å². The van der Waals surface area contributed by atoms with Gasteiger partial charge in [0.2, 0.25) is 0 Å². The molecule has 5 heteroatoms. The number of ether oxygens (including phenoxy) is 1. The first-order valence-corrected chi connectivity index (χ1v) is 6.70. The van der Waals surface area contributed by atoms with Crippen LogP contribution in [-0.4, -0.2) is 23.4 Å². The molecule has 0 saturated carbocycles. The zero-order valence-corrected chi connectivity index (χ0v) is 11.3. The molecule has 5 nitrogen and oxygen atoms in total. The molecule has 102 valence electrons. The van der Waals surface area contributed by atoms with Gasteiger partial charge < -0.3 is 9.26 Å². The fraction of sp³-hybridized carbons (Fsp3) is 0.400. The Morgan fingerprint density at radius 3 is 2.80 bits per heavy atom. The number of hydrogen-bond donors (Lipinski definition) is 0. The minimum Gasteiger partial charge on any atom is -0.381 e. The Kier molecular flexibility index (Phi) is 3.48. The number of benzene rings is 1. The topological polar surface area (TPSA) is 71.9 Å². The summed E-state index contributed by atoms with van der Waals surface area (Å²) >= 11 is 0. The molecule has 1 saturated heterocycles. The Morgan fingerprint density at radius 2 is 2.10 bits per heavy atom. The molecule has 1 fully saturated rings.